The third-order valence-electron chi connectivity index (χ3n) is 2.29. The van der Waals surface area contributed by atoms with E-state index in [9.17, 15) is 4.79 Å². The molecule has 4 N–H and O–H groups in total. The van der Waals surface area contributed by atoms with E-state index in [0.29, 0.717) is 11.2 Å². The van der Waals surface area contributed by atoms with Crippen LogP contribution >= 0.6 is 0 Å². The molecule has 86 valence electrons. The summed E-state index contributed by atoms with van der Waals surface area (Å²) in [4.78, 5) is 15.1. The standard InChI is InChI=1S/C10H10BN3O3/c12-9-5-6-14(10(15)13-9)8-3-1-7(2-4-8)11(16)17/h1-6,16-17H,(H2,12,13,15). The molecule has 0 spiro atoms. The van der Waals surface area contributed by atoms with Gasteiger partial charge in [-0.1, -0.05) is 12.1 Å². The van der Waals surface area contributed by atoms with Crippen LogP contribution in [0.5, 0.6) is 0 Å². The van der Waals surface area contributed by atoms with Gasteiger partial charge in [0.2, 0.25) is 0 Å². The van der Waals surface area contributed by atoms with Gasteiger partial charge in [0, 0.05) is 6.20 Å². The minimum absolute atomic E-state index is 0.161. The molecule has 7 heteroatoms. The van der Waals surface area contributed by atoms with Crippen LogP contribution < -0.4 is 16.9 Å². The van der Waals surface area contributed by atoms with Gasteiger partial charge >= 0.3 is 12.8 Å². The molecule has 0 unspecified atom stereocenters. The monoisotopic (exact) mass is 231 g/mol. The molecule has 0 saturated heterocycles. The molecule has 0 radical (unpaired) electrons. The van der Waals surface area contributed by atoms with E-state index in [1.165, 1.54) is 29.0 Å². The average molecular weight is 231 g/mol. The van der Waals surface area contributed by atoms with Crippen LogP contribution in [-0.4, -0.2) is 26.7 Å². The fourth-order valence-electron chi connectivity index (χ4n) is 1.42. The third-order valence-corrected chi connectivity index (χ3v) is 2.29. The van der Waals surface area contributed by atoms with Gasteiger partial charge in [-0.25, -0.2) is 4.79 Å². The summed E-state index contributed by atoms with van der Waals surface area (Å²) in [5.74, 6) is 0.161. The predicted octanol–water partition coefficient (Wildman–Crippen LogP) is -1.51. The Bertz CT molecular complexity index is 580. The molecule has 0 aliphatic rings. The first kappa shape index (κ1) is 11.4. The average Bonchev–Trinajstić information content (AvgIpc) is 2.29. The second-order valence-electron chi connectivity index (χ2n) is 3.47. The Kier molecular flexibility index (Phi) is 2.94. The van der Waals surface area contributed by atoms with Gasteiger partial charge in [0.1, 0.15) is 5.82 Å². The lowest BCUT2D eigenvalue weighted by Crippen LogP contribution is -2.30. The van der Waals surface area contributed by atoms with Crippen molar-refractivity contribution in [2.75, 3.05) is 5.73 Å². The SMILES string of the molecule is Nc1ccn(-c2ccc(B(O)O)cc2)c(=O)n1. The van der Waals surface area contributed by atoms with Crippen LogP contribution in [0.1, 0.15) is 0 Å². The molecule has 17 heavy (non-hydrogen) atoms. The second-order valence-corrected chi connectivity index (χ2v) is 3.47. The maximum Gasteiger partial charge on any atom is 0.488 e. The lowest BCUT2D eigenvalue weighted by molar-refractivity contribution is 0.426. The zero-order valence-corrected chi connectivity index (χ0v) is 8.82. The van der Waals surface area contributed by atoms with E-state index >= 15 is 0 Å². The highest BCUT2D eigenvalue weighted by molar-refractivity contribution is 6.58. The summed E-state index contributed by atoms with van der Waals surface area (Å²) in [5.41, 5.74) is 5.82. The summed E-state index contributed by atoms with van der Waals surface area (Å²) in [7, 11) is -1.52. The van der Waals surface area contributed by atoms with Gasteiger partial charge in [-0.15, -0.1) is 0 Å². The molecule has 0 aliphatic heterocycles. The molecule has 0 bridgehead atoms. The number of benzene rings is 1. The van der Waals surface area contributed by atoms with Crippen LogP contribution in [0.4, 0.5) is 5.82 Å². The van der Waals surface area contributed by atoms with Crippen molar-refractivity contribution in [2.24, 2.45) is 0 Å². The van der Waals surface area contributed by atoms with E-state index in [1.54, 1.807) is 12.1 Å². The van der Waals surface area contributed by atoms with Gasteiger partial charge in [0.25, 0.3) is 0 Å². The molecule has 0 saturated carbocycles. The van der Waals surface area contributed by atoms with Gasteiger partial charge in [-0.05, 0) is 23.7 Å². The molecule has 0 atom stereocenters. The Hall–Kier alpha value is -2.12. The molecule has 0 fully saturated rings. The van der Waals surface area contributed by atoms with E-state index in [1.807, 2.05) is 0 Å². The summed E-state index contributed by atoms with van der Waals surface area (Å²) in [6.45, 7) is 0. The van der Waals surface area contributed by atoms with Crippen molar-refractivity contribution in [3.05, 3.63) is 47.0 Å². The van der Waals surface area contributed by atoms with Crippen LogP contribution in [0.3, 0.4) is 0 Å². The molecular formula is C10H10BN3O3. The Labute approximate surface area is 97.1 Å². The number of hydrogen-bond donors (Lipinski definition) is 3. The zero-order valence-electron chi connectivity index (χ0n) is 8.82. The molecule has 2 aromatic rings. The molecular weight excluding hydrogens is 221 g/mol. The number of anilines is 1. The minimum atomic E-state index is -1.52. The number of nitrogens with zero attached hydrogens (tertiary/aromatic N) is 2. The summed E-state index contributed by atoms with van der Waals surface area (Å²) >= 11 is 0. The first-order chi connectivity index (χ1) is 8.08. The Morgan fingerprint density at radius 3 is 2.35 bits per heavy atom. The number of aromatic nitrogens is 2. The molecule has 6 nitrogen and oxygen atoms in total. The fourth-order valence-corrected chi connectivity index (χ4v) is 1.42. The lowest BCUT2D eigenvalue weighted by Gasteiger charge is -2.06. The summed E-state index contributed by atoms with van der Waals surface area (Å²) < 4.78 is 1.31. The summed E-state index contributed by atoms with van der Waals surface area (Å²) in [5, 5.41) is 17.9. The van der Waals surface area contributed by atoms with Crippen molar-refractivity contribution in [2.45, 2.75) is 0 Å². The number of rotatable bonds is 2. The second kappa shape index (κ2) is 4.40. The smallest absolute Gasteiger partial charge is 0.423 e. The molecule has 1 aromatic carbocycles. The van der Waals surface area contributed by atoms with Crippen molar-refractivity contribution in [1.29, 1.82) is 0 Å². The van der Waals surface area contributed by atoms with Crippen LogP contribution in [0.2, 0.25) is 0 Å². The predicted molar refractivity (Wildman–Crippen MR) is 64.1 cm³/mol. The first-order valence-corrected chi connectivity index (χ1v) is 4.89. The lowest BCUT2D eigenvalue weighted by atomic mass is 9.80. The van der Waals surface area contributed by atoms with E-state index in [-0.39, 0.29) is 5.82 Å². The maximum atomic E-state index is 11.5. The highest BCUT2D eigenvalue weighted by atomic mass is 16.4. The van der Waals surface area contributed by atoms with E-state index < -0.39 is 12.8 Å². The quantitative estimate of drug-likeness (QED) is 0.545. The zero-order chi connectivity index (χ0) is 12.4. The molecule has 1 aromatic heterocycles. The fraction of sp³-hybridized carbons (Fsp3) is 0. The maximum absolute atomic E-state index is 11.5. The normalized spacial score (nSPS) is 10.2. The largest absolute Gasteiger partial charge is 0.488 e. The summed E-state index contributed by atoms with van der Waals surface area (Å²) in [6, 6.07) is 7.73. The number of hydrogen-bond acceptors (Lipinski definition) is 5. The van der Waals surface area contributed by atoms with Gasteiger partial charge in [-0.2, -0.15) is 4.98 Å². The minimum Gasteiger partial charge on any atom is -0.423 e. The van der Waals surface area contributed by atoms with E-state index in [0.717, 1.165) is 0 Å². The van der Waals surface area contributed by atoms with E-state index in [4.69, 9.17) is 15.8 Å². The van der Waals surface area contributed by atoms with Gasteiger partial charge in [-0.3, -0.25) is 4.57 Å². The Morgan fingerprint density at radius 2 is 1.82 bits per heavy atom. The van der Waals surface area contributed by atoms with Crippen molar-refractivity contribution in [1.82, 2.24) is 9.55 Å². The van der Waals surface area contributed by atoms with Crippen molar-refractivity contribution in [3.8, 4) is 5.69 Å². The Morgan fingerprint density at radius 1 is 1.18 bits per heavy atom. The Balaban J connectivity index is 2.43. The van der Waals surface area contributed by atoms with Crippen molar-refractivity contribution >= 4 is 18.4 Å². The van der Waals surface area contributed by atoms with Crippen LogP contribution in [-0.2, 0) is 0 Å². The first-order valence-electron chi connectivity index (χ1n) is 4.89. The van der Waals surface area contributed by atoms with Gasteiger partial charge in [0.05, 0.1) is 5.69 Å². The van der Waals surface area contributed by atoms with Gasteiger partial charge < -0.3 is 15.8 Å². The molecule has 1 heterocycles. The molecule has 2 rings (SSSR count). The highest BCUT2D eigenvalue weighted by Crippen LogP contribution is 2.03. The number of nitrogen functional groups attached to an aromatic ring is 1. The van der Waals surface area contributed by atoms with Crippen LogP contribution in [0, 0.1) is 0 Å². The van der Waals surface area contributed by atoms with Crippen LogP contribution in [0.15, 0.2) is 41.3 Å². The molecule has 0 amide bonds. The third kappa shape index (κ3) is 2.35. The number of nitrogens with two attached hydrogens (primary N) is 1. The highest BCUT2D eigenvalue weighted by Gasteiger charge is 2.10. The topological polar surface area (TPSA) is 101 Å². The van der Waals surface area contributed by atoms with Crippen molar-refractivity contribution in [3.63, 3.8) is 0 Å². The molecule has 0 aliphatic carbocycles. The van der Waals surface area contributed by atoms with Crippen LogP contribution in [0.25, 0.3) is 5.69 Å². The van der Waals surface area contributed by atoms with E-state index in [2.05, 4.69) is 4.98 Å². The summed E-state index contributed by atoms with van der Waals surface area (Å²) in [6.07, 6.45) is 1.51. The van der Waals surface area contributed by atoms with Crippen molar-refractivity contribution < 1.29 is 10.0 Å². The van der Waals surface area contributed by atoms with Gasteiger partial charge in [0.15, 0.2) is 0 Å².